The van der Waals surface area contributed by atoms with Gasteiger partial charge in [-0.25, -0.2) is 0 Å². The molecule has 0 aromatic heterocycles. The minimum Gasteiger partial charge on any atom is -0.480 e. The second kappa shape index (κ2) is 6.72. The summed E-state index contributed by atoms with van der Waals surface area (Å²) in [6.45, 7) is 0.374. The largest absolute Gasteiger partial charge is 0.480 e. The molecule has 0 spiro atoms. The summed E-state index contributed by atoms with van der Waals surface area (Å²) < 4.78 is 0. The van der Waals surface area contributed by atoms with Crippen molar-refractivity contribution in [1.82, 2.24) is 4.90 Å². The number of halogens is 1. The Hall–Kier alpha value is -1.59. The van der Waals surface area contributed by atoms with Gasteiger partial charge in [0.25, 0.3) is 0 Å². The maximum Gasteiger partial charge on any atom is 0.321 e. The first-order chi connectivity index (χ1) is 9.28. The molecule has 0 heterocycles. The van der Waals surface area contributed by atoms with Crippen molar-refractivity contribution < 1.29 is 19.8 Å². The molecule has 2 N–H and O–H groups in total. The molecule has 0 aliphatic carbocycles. The predicted molar refractivity (Wildman–Crippen MR) is 76.0 cm³/mol. The molecule has 0 amide bonds. The maximum atomic E-state index is 11.5. The Morgan fingerprint density at radius 1 is 1.25 bits per heavy atom. The van der Waals surface area contributed by atoms with Crippen LogP contribution < -0.4 is 0 Å². The zero-order valence-corrected chi connectivity index (χ0v) is 12.2. The first-order valence-corrected chi connectivity index (χ1v) is 6.52. The van der Waals surface area contributed by atoms with E-state index in [1.807, 2.05) is 0 Å². The minimum atomic E-state index is -1.84. The van der Waals surface area contributed by atoms with E-state index in [4.69, 9.17) is 11.6 Å². The molecule has 110 valence electrons. The van der Waals surface area contributed by atoms with Crippen molar-refractivity contribution in [3.8, 4) is 0 Å². The molecular weight excluding hydrogens is 282 g/mol. The summed E-state index contributed by atoms with van der Waals surface area (Å²) in [5.74, 6) is -2.65. The first kappa shape index (κ1) is 16.5. The number of carboxylic acids is 2. The van der Waals surface area contributed by atoms with Crippen LogP contribution in [-0.2, 0) is 16.0 Å². The van der Waals surface area contributed by atoms with Gasteiger partial charge in [-0.3, -0.25) is 9.59 Å². The van der Waals surface area contributed by atoms with Crippen LogP contribution in [0.3, 0.4) is 0 Å². The molecule has 0 radical (unpaired) electrons. The van der Waals surface area contributed by atoms with Crippen LogP contribution in [0.15, 0.2) is 24.3 Å². The first-order valence-electron chi connectivity index (χ1n) is 6.14. The number of benzene rings is 1. The van der Waals surface area contributed by atoms with Gasteiger partial charge in [0.15, 0.2) is 5.41 Å². The quantitative estimate of drug-likeness (QED) is 0.753. The third kappa shape index (κ3) is 3.95. The van der Waals surface area contributed by atoms with Crippen LogP contribution in [0.5, 0.6) is 0 Å². The van der Waals surface area contributed by atoms with Crippen molar-refractivity contribution in [2.75, 3.05) is 20.6 Å². The Kier molecular flexibility index (Phi) is 5.53. The van der Waals surface area contributed by atoms with E-state index in [-0.39, 0.29) is 12.8 Å². The van der Waals surface area contributed by atoms with E-state index in [0.29, 0.717) is 17.1 Å². The van der Waals surface area contributed by atoms with E-state index in [9.17, 15) is 19.8 Å². The SMILES string of the molecule is CN(C)CCC(Cc1cccc(Cl)c1)(C(=O)O)C(=O)O. The molecule has 0 aliphatic heterocycles. The van der Waals surface area contributed by atoms with Gasteiger partial charge in [0, 0.05) is 5.02 Å². The molecule has 1 aromatic carbocycles. The summed E-state index contributed by atoms with van der Waals surface area (Å²) in [5, 5.41) is 19.3. The van der Waals surface area contributed by atoms with E-state index in [1.165, 1.54) is 0 Å². The second-order valence-corrected chi connectivity index (χ2v) is 5.49. The fraction of sp³-hybridized carbons (Fsp3) is 0.429. The Balaban J connectivity index is 3.09. The molecule has 6 heteroatoms. The number of aliphatic carboxylic acids is 2. The van der Waals surface area contributed by atoms with Crippen LogP contribution in [0.2, 0.25) is 5.02 Å². The molecule has 0 atom stereocenters. The van der Waals surface area contributed by atoms with Gasteiger partial charge in [0.1, 0.15) is 0 Å². The van der Waals surface area contributed by atoms with E-state index < -0.39 is 17.4 Å². The van der Waals surface area contributed by atoms with Gasteiger partial charge in [0.05, 0.1) is 0 Å². The molecule has 1 rings (SSSR count). The minimum absolute atomic E-state index is 0.0250. The van der Waals surface area contributed by atoms with Gasteiger partial charge >= 0.3 is 11.9 Å². The fourth-order valence-corrected chi connectivity index (χ4v) is 2.17. The van der Waals surface area contributed by atoms with Gasteiger partial charge in [-0.1, -0.05) is 23.7 Å². The number of hydrogen-bond acceptors (Lipinski definition) is 3. The Bertz CT molecular complexity index is 488. The summed E-state index contributed by atoms with van der Waals surface area (Å²) in [6.07, 6.45) is -0.0662. The van der Waals surface area contributed by atoms with E-state index in [0.717, 1.165) is 0 Å². The predicted octanol–water partition coefficient (Wildman–Crippen LogP) is 1.99. The molecule has 0 unspecified atom stereocenters. The highest BCUT2D eigenvalue weighted by Gasteiger charge is 2.46. The smallest absolute Gasteiger partial charge is 0.321 e. The molecule has 0 fully saturated rings. The molecule has 20 heavy (non-hydrogen) atoms. The molecule has 5 nitrogen and oxygen atoms in total. The summed E-state index contributed by atoms with van der Waals surface area (Å²) in [4.78, 5) is 24.8. The Morgan fingerprint density at radius 2 is 1.85 bits per heavy atom. The lowest BCUT2D eigenvalue weighted by Crippen LogP contribution is -2.43. The van der Waals surface area contributed by atoms with E-state index in [1.54, 1.807) is 43.3 Å². The summed E-state index contributed by atoms with van der Waals surface area (Å²) in [7, 11) is 3.54. The Labute approximate surface area is 122 Å². The summed E-state index contributed by atoms with van der Waals surface area (Å²) >= 11 is 5.86. The van der Waals surface area contributed by atoms with Gasteiger partial charge < -0.3 is 15.1 Å². The van der Waals surface area contributed by atoms with Crippen molar-refractivity contribution in [1.29, 1.82) is 0 Å². The number of carboxylic acid groups (broad SMARTS) is 2. The monoisotopic (exact) mass is 299 g/mol. The van der Waals surface area contributed by atoms with Crippen LogP contribution in [-0.4, -0.2) is 47.7 Å². The second-order valence-electron chi connectivity index (χ2n) is 5.05. The van der Waals surface area contributed by atoms with Crippen LogP contribution in [0.1, 0.15) is 12.0 Å². The topological polar surface area (TPSA) is 77.8 Å². The zero-order valence-electron chi connectivity index (χ0n) is 11.5. The van der Waals surface area contributed by atoms with Crippen LogP contribution >= 0.6 is 11.6 Å². The van der Waals surface area contributed by atoms with Gasteiger partial charge in [0.2, 0.25) is 0 Å². The highest BCUT2D eigenvalue weighted by atomic mass is 35.5. The van der Waals surface area contributed by atoms with Gasteiger partial charge in [-0.05, 0) is 51.2 Å². The van der Waals surface area contributed by atoms with Crippen molar-refractivity contribution in [2.24, 2.45) is 5.41 Å². The van der Waals surface area contributed by atoms with Crippen LogP contribution in [0, 0.1) is 5.41 Å². The fourth-order valence-electron chi connectivity index (χ4n) is 1.95. The lowest BCUT2D eigenvalue weighted by molar-refractivity contribution is -0.165. The summed E-state index contributed by atoms with van der Waals surface area (Å²) in [5.41, 5.74) is -1.24. The third-order valence-electron chi connectivity index (χ3n) is 3.20. The molecule has 0 saturated heterocycles. The number of hydrogen-bond donors (Lipinski definition) is 2. The molecule has 0 bridgehead atoms. The van der Waals surface area contributed by atoms with Crippen molar-refractivity contribution in [3.05, 3.63) is 34.9 Å². The summed E-state index contributed by atoms with van der Waals surface area (Å²) in [6, 6.07) is 6.62. The number of carbonyl (C=O) groups is 2. The van der Waals surface area contributed by atoms with Crippen molar-refractivity contribution in [3.63, 3.8) is 0 Å². The molecule has 0 aliphatic rings. The van der Waals surface area contributed by atoms with Crippen molar-refractivity contribution in [2.45, 2.75) is 12.8 Å². The lowest BCUT2D eigenvalue weighted by Gasteiger charge is -2.26. The number of nitrogens with zero attached hydrogens (tertiary/aromatic N) is 1. The maximum absolute atomic E-state index is 11.5. The highest BCUT2D eigenvalue weighted by molar-refractivity contribution is 6.30. The standard InChI is InChI=1S/C14H18ClNO4/c1-16(2)7-6-14(12(17)18,13(19)20)9-10-4-3-5-11(15)8-10/h3-5,8H,6-7,9H2,1-2H3,(H,17,18)(H,19,20). The molecule has 1 aromatic rings. The average Bonchev–Trinajstić information content (AvgIpc) is 2.33. The third-order valence-corrected chi connectivity index (χ3v) is 3.43. The van der Waals surface area contributed by atoms with Crippen LogP contribution in [0.4, 0.5) is 0 Å². The van der Waals surface area contributed by atoms with Crippen LogP contribution in [0.25, 0.3) is 0 Å². The highest BCUT2D eigenvalue weighted by Crippen LogP contribution is 2.29. The van der Waals surface area contributed by atoms with Crippen molar-refractivity contribution >= 4 is 23.5 Å². The molecular formula is C14H18ClNO4. The Morgan fingerprint density at radius 3 is 2.30 bits per heavy atom. The van der Waals surface area contributed by atoms with E-state index in [2.05, 4.69) is 0 Å². The lowest BCUT2D eigenvalue weighted by atomic mass is 9.78. The number of rotatable bonds is 7. The average molecular weight is 300 g/mol. The zero-order chi connectivity index (χ0) is 15.3. The van der Waals surface area contributed by atoms with Gasteiger partial charge in [-0.15, -0.1) is 0 Å². The molecule has 0 saturated carbocycles. The van der Waals surface area contributed by atoms with E-state index >= 15 is 0 Å². The normalized spacial score (nSPS) is 11.6. The van der Waals surface area contributed by atoms with Gasteiger partial charge in [-0.2, -0.15) is 0 Å².